The van der Waals surface area contributed by atoms with Crippen LogP contribution in [0.3, 0.4) is 0 Å². The van der Waals surface area contributed by atoms with Crippen LogP contribution in [0.1, 0.15) is 33.1 Å². The molecule has 0 aliphatic heterocycles. The summed E-state index contributed by atoms with van der Waals surface area (Å²) in [6, 6.07) is 8.51. The van der Waals surface area contributed by atoms with Gasteiger partial charge in [-0.2, -0.15) is 0 Å². The maximum Gasteiger partial charge on any atom is 0.0934 e. The quantitative estimate of drug-likeness (QED) is 0.829. The van der Waals surface area contributed by atoms with Gasteiger partial charge in [0.05, 0.1) is 11.2 Å². The second kappa shape index (κ2) is 5.61. The molecule has 1 aromatic carbocycles. The van der Waals surface area contributed by atoms with Crippen molar-refractivity contribution in [2.75, 3.05) is 5.32 Å². The normalized spacial score (nSPS) is 26.6. The van der Waals surface area contributed by atoms with Crippen molar-refractivity contribution >= 4 is 28.2 Å². The lowest BCUT2D eigenvalue weighted by atomic mass is 9.80. The third-order valence-electron chi connectivity index (χ3n) is 4.47. The molecule has 0 radical (unpaired) electrons. The number of anilines is 1. The third kappa shape index (κ3) is 2.76. The average molecular weight is 289 g/mol. The van der Waals surface area contributed by atoms with Crippen LogP contribution in [-0.4, -0.2) is 11.0 Å². The number of fused-ring (bicyclic) bond motifs is 1. The number of aromatic nitrogens is 1. The van der Waals surface area contributed by atoms with Crippen LogP contribution in [0, 0.1) is 11.8 Å². The van der Waals surface area contributed by atoms with E-state index in [1.54, 1.807) is 0 Å². The Balaban J connectivity index is 1.93. The number of hydrogen-bond donors (Lipinski definition) is 1. The Bertz CT molecular complexity index is 611. The number of hydrogen-bond acceptors (Lipinski definition) is 2. The Hall–Kier alpha value is -1.28. The first-order chi connectivity index (χ1) is 9.63. The van der Waals surface area contributed by atoms with Gasteiger partial charge in [0.15, 0.2) is 0 Å². The molecule has 0 bridgehead atoms. The maximum absolute atomic E-state index is 6.24. The highest BCUT2D eigenvalue weighted by Crippen LogP contribution is 2.33. The van der Waals surface area contributed by atoms with Crippen molar-refractivity contribution in [3.63, 3.8) is 0 Å². The van der Waals surface area contributed by atoms with Crippen molar-refractivity contribution in [3.05, 3.63) is 35.5 Å². The molecule has 2 aromatic rings. The molecule has 1 aliphatic rings. The van der Waals surface area contributed by atoms with Crippen molar-refractivity contribution in [3.8, 4) is 0 Å². The first-order valence-electron chi connectivity index (χ1n) is 7.44. The zero-order chi connectivity index (χ0) is 14.1. The lowest BCUT2D eigenvalue weighted by Gasteiger charge is -2.34. The summed E-state index contributed by atoms with van der Waals surface area (Å²) in [5.41, 5.74) is 2.08. The van der Waals surface area contributed by atoms with Crippen molar-refractivity contribution < 1.29 is 0 Å². The fourth-order valence-corrected chi connectivity index (χ4v) is 3.43. The first-order valence-corrected chi connectivity index (χ1v) is 7.82. The molecule has 3 rings (SSSR count). The van der Waals surface area contributed by atoms with E-state index in [4.69, 9.17) is 11.6 Å². The van der Waals surface area contributed by atoms with Crippen LogP contribution in [0.2, 0.25) is 5.02 Å². The molecule has 20 heavy (non-hydrogen) atoms. The predicted octanol–water partition coefficient (Wildman–Crippen LogP) is 5.12. The number of rotatable bonds is 2. The Morgan fingerprint density at radius 1 is 1.25 bits per heavy atom. The average Bonchev–Trinajstić information content (AvgIpc) is 2.43. The number of pyridine rings is 1. The van der Waals surface area contributed by atoms with E-state index in [1.807, 2.05) is 24.4 Å². The van der Waals surface area contributed by atoms with Gasteiger partial charge in [0.25, 0.3) is 0 Å². The van der Waals surface area contributed by atoms with E-state index in [1.165, 1.54) is 19.3 Å². The molecule has 1 saturated carbocycles. The van der Waals surface area contributed by atoms with Crippen LogP contribution in [-0.2, 0) is 0 Å². The summed E-state index contributed by atoms with van der Waals surface area (Å²) in [5.74, 6) is 1.49. The highest BCUT2D eigenvalue weighted by molar-refractivity contribution is 6.31. The molecule has 1 heterocycles. The summed E-state index contributed by atoms with van der Waals surface area (Å²) in [6.07, 6.45) is 5.70. The van der Waals surface area contributed by atoms with E-state index in [0.29, 0.717) is 12.0 Å². The summed E-state index contributed by atoms with van der Waals surface area (Å²) >= 11 is 6.24. The smallest absolute Gasteiger partial charge is 0.0934 e. The molecule has 1 aromatic heterocycles. The monoisotopic (exact) mass is 288 g/mol. The van der Waals surface area contributed by atoms with Crippen molar-refractivity contribution in [2.24, 2.45) is 11.8 Å². The van der Waals surface area contributed by atoms with Gasteiger partial charge in [0.2, 0.25) is 0 Å². The van der Waals surface area contributed by atoms with Gasteiger partial charge >= 0.3 is 0 Å². The maximum atomic E-state index is 6.24. The zero-order valence-electron chi connectivity index (χ0n) is 12.1. The SMILES string of the molecule is CC1CCC(C)C(Nc2cc(Cl)cc3cccnc23)C1. The number of benzene rings is 1. The molecular formula is C17H21ClN2. The van der Waals surface area contributed by atoms with E-state index in [9.17, 15) is 0 Å². The fraction of sp³-hybridized carbons (Fsp3) is 0.471. The van der Waals surface area contributed by atoms with Gasteiger partial charge in [0, 0.05) is 22.6 Å². The van der Waals surface area contributed by atoms with Gasteiger partial charge in [-0.15, -0.1) is 0 Å². The van der Waals surface area contributed by atoms with Gasteiger partial charge in [-0.25, -0.2) is 0 Å². The van der Waals surface area contributed by atoms with Crippen molar-refractivity contribution in [1.82, 2.24) is 4.98 Å². The molecule has 0 saturated heterocycles. The van der Waals surface area contributed by atoms with Crippen molar-refractivity contribution in [1.29, 1.82) is 0 Å². The fourth-order valence-electron chi connectivity index (χ4n) is 3.20. The van der Waals surface area contributed by atoms with E-state index in [-0.39, 0.29) is 0 Å². The molecule has 1 N–H and O–H groups in total. The second-order valence-electron chi connectivity index (χ2n) is 6.17. The first kappa shape index (κ1) is 13.7. The van der Waals surface area contributed by atoms with Crippen molar-refractivity contribution in [2.45, 2.75) is 39.2 Å². The zero-order valence-corrected chi connectivity index (χ0v) is 12.8. The van der Waals surface area contributed by atoms with E-state index in [2.05, 4.69) is 30.2 Å². The Morgan fingerprint density at radius 3 is 2.95 bits per heavy atom. The lowest BCUT2D eigenvalue weighted by molar-refractivity contribution is 0.281. The minimum Gasteiger partial charge on any atom is -0.380 e. The van der Waals surface area contributed by atoms with E-state index in [0.717, 1.165) is 27.5 Å². The largest absolute Gasteiger partial charge is 0.380 e. The van der Waals surface area contributed by atoms with E-state index >= 15 is 0 Å². The highest BCUT2D eigenvalue weighted by atomic mass is 35.5. The van der Waals surface area contributed by atoms with Gasteiger partial charge in [0.1, 0.15) is 0 Å². The highest BCUT2D eigenvalue weighted by Gasteiger charge is 2.25. The van der Waals surface area contributed by atoms with Crippen LogP contribution < -0.4 is 5.32 Å². The molecule has 3 heteroatoms. The van der Waals surface area contributed by atoms with Crippen LogP contribution in [0.25, 0.3) is 10.9 Å². The van der Waals surface area contributed by atoms with Gasteiger partial charge in [-0.05, 0) is 42.9 Å². The molecule has 1 fully saturated rings. The summed E-state index contributed by atoms with van der Waals surface area (Å²) < 4.78 is 0. The van der Waals surface area contributed by atoms with Crippen LogP contribution in [0.15, 0.2) is 30.5 Å². The molecule has 3 atom stereocenters. The minimum atomic E-state index is 0.516. The Labute approximate surface area is 125 Å². The minimum absolute atomic E-state index is 0.516. The summed E-state index contributed by atoms with van der Waals surface area (Å²) in [5, 5.41) is 5.56. The van der Waals surface area contributed by atoms with Crippen LogP contribution in [0.4, 0.5) is 5.69 Å². The summed E-state index contributed by atoms with van der Waals surface area (Å²) in [6.45, 7) is 4.68. The molecule has 2 nitrogen and oxygen atoms in total. The topological polar surface area (TPSA) is 24.9 Å². The number of nitrogens with zero attached hydrogens (tertiary/aromatic N) is 1. The molecule has 3 unspecified atom stereocenters. The standard InChI is InChI=1S/C17H21ClN2/c1-11-5-6-12(2)15(8-11)20-16-10-14(18)9-13-4-3-7-19-17(13)16/h3-4,7,9-12,15,20H,5-6,8H2,1-2H3. The number of halogens is 1. The van der Waals surface area contributed by atoms with Crippen LogP contribution >= 0.6 is 11.6 Å². The second-order valence-corrected chi connectivity index (χ2v) is 6.61. The van der Waals surface area contributed by atoms with Gasteiger partial charge in [-0.1, -0.05) is 37.9 Å². The van der Waals surface area contributed by atoms with Crippen LogP contribution in [0.5, 0.6) is 0 Å². The van der Waals surface area contributed by atoms with Gasteiger partial charge < -0.3 is 5.32 Å². The number of nitrogens with one attached hydrogen (secondary N) is 1. The molecule has 0 spiro atoms. The van der Waals surface area contributed by atoms with Gasteiger partial charge in [-0.3, -0.25) is 4.98 Å². The summed E-state index contributed by atoms with van der Waals surface area (Å²) in [4.78, 5) is 4.51. The molecule has 106 valence electrons. The Kier molecular flexibility index (Phi) is 3.84. The Morgan fingerprint density at radius 2 is 2.10 bits per heavy atom. The predicted molar refractivity (Wildman–Crippen MR) is 86.3 cm³/mol. The molecule has 0 amide bonds. The summed E-state index contributed by atoms with van der Waals surface area (Å²) in [7, 11) is 0. The lowest BCUT2D eigenvalue weighted by Crippen LogP contribution is -2.33. The van der Waals surface area contributed by atoms with E-state index < -0.39 is 0 Å². The molecular weight excluding hydrogens is 268 g/mol. The molecule has 1 aliphatic carbocycles. The third-order valence-corrected chi connectivity index (χ3v) is 4.69.